The van der Waals surface area contributed by atoms with Gasteiger partial charge in [-0.25, -0.2) is 4.79 Å². The molecule has 0 saturated heterocycles. The van der Waals surface area contributed by atoms with Crippen molar-refractivity contribution in [1.82, 2.24) is 10.6 Å². The molecule has 1 fully saturated rings. The minimum atomic E-state index is -0.886. The second-order valence-corrected chi connectivity index (χ2v) is 6.99. The minimum Gasteiger partial charge on any atom is -0.451 e. The molecule has 2 unspecified atom stereocenters. The third-order valence-corrected chi connectivity index (χ3v) is 4.60. The normalized spacial score (nSPS) is 17.0. The van der Waals surface area contributed by atoms with Crippen molar-refractivity contribution in [1.29, 1.82) is 0 Å². The highest BCUT2D eigenvalue weighted by molar-refractivity contribution is 5.97. The Morgan fingerprint density at radius 2 is 1.81 bits per heavy atom. The second kappa shape index (κ2) is 9.36. The first-order chi connectivity index (χ1) is 12.4. The molecule has 1 aromatic rings. The van der Waals surface area contributed by atoms with E-state index in [-0.39, 0.29) is 17.9 Å². The number of aryl methyl sites for hydroxylation is 1. The zero-order valence-corrected chi connectivity index (χ0v) is 15.7. The Hall–Kier alpha value is -2.37. The SMILES string of the molecule is Cc1cccc(C(=O)NC(C)C(=O)OC(C)C(=O)NC2CCCCC2)c1. The molecule has 0 heterocycles. The Balaban J connectivity index is 1.81. The highest BCUT2D eigenvalue weighted by Gasteiger charge is 2.25. The van der Waals surface area contributed by atoms with E-state index in [0.29, 0.717) is 5.56 Å². The standard InChI is InChI=1S/C20H28N2O4/c1-13-8-7-9-16(12-13)19(24)21-14(2)20(25)26-15(3)18(23)22-17-10-5-4-6-11-17/h7-9,12,14-15,17H,4-6,10-11H2,1-3H3,(H,21,24)(H,22,23). The van der Waals surface area contributed by atoms with Crippen molar-refractivity contribution in [2.45, 2.75) is 71.1 Å². The van der Waals surface area contributed by atoms with Crippen molar-refractivity contribution < 1.29 is 19.1 Å². The average molecular weight is 360 g/mol. The topological polar surface area (TPSA) is 84.5 Å². The molecule has 2 amide bonds. The van der Waals surface area contributed by atoms with Gasteiger partial charge in [0.05, 0.1) is 0 Å². The number of nitrogens with one attached hydrogen (secondary N) is 2. The number of amides is 2. The molecule has 1 aliphatic carbocycles. The van der Waals surface area contributed by atoms with E-state index in [1.54, 1.807) is 32.0 Å². The van der Waals surface area contributed by atoms with Gasteiger partial charge in [0.25, 0.3) is 11.8 Å². The van der Waals surface area contributed by atoms with Crippen LogP contribution in [0.5, 0.6) is 0 Å². The lowest BCUT2D eigenvalue weighted by atomic mass is 9.95. The number of carbonyl (C=O) groups excluding carboxylic acids is 3. The van der Waals surface area contributed by atoms with Gasteiger partial charge in [0.1, 0.15) is 6.04 Å². The zero-order chi connectivity index (χ0) is 19.1. The molecule has 0 radical (unpaired) electrons. The summed E-state index contributed by atoms with van der Waals surface area (Å²) in [6.07, 6.45) is 4.48. The van der Waals surface area contributed by atoms with E-state index in [1.165, 1.54) is 6.42 Å². The summed E-state index contributed by atoms with van der Waals surface area (Å²) in [6.45, 7) is 4.98. The average Bonchev–Trinajstić information content (AvgIpc) is 2.62. The summed E-state index contributed by atoms with van der Waals surface area (Å²) in [7, 11) is 0. The first-order valence-electron chi connectivity index (χ1n) is 9.25. The van der Waals surface area contributed by atoms with Crippen LogP contribution < -0.4 is 10.6 Å². The number of hydrogen-bond acceptors (Lipinski definition) is 4. The summed E-state index contributed by atoms with van der Waals surface area (Å²) in [6, 6.07) is 6.42. The van der Waals surface area contributed by atoms with Crippen LogP contribution in [0.15, 0.2) is 24.3 Å². The van der Waals surface area contributed by atoms with Crippen molar-refractivity contribution in [3.8, 4) is 0 Å². The molecule has 6 heteroatoms. The van der Waals surface area contributed by atoms with E-state index in [1.807, 2.05) is 13.0 Å². The largest absolute Gasteiger partial charge is 0.451 e. The molecule has 2 N–H and O–H groups in total. The van der Waals surface area contributed by atoms with Gasteiger partial charge in [-0.2, -0.15) is 0 Å². The molecule has 142 valence electrons. The molecule has 0 aliphatic heterocycles. The van der Waals surface area contributed by atoms with Gasteiger partial charge in [0.15, 0.2) is 6.10 Å². The number of ether oxygens (including phenoxy) is 1. The van der Waals surface area contributed by atoms with Gasteiger partial charge in [0.2, 0.25) is 0 Å². The van der Waals surface area contributed by atoms with Crippen LogP contribution in [-0.4, -0.2) is 36.0 Å². The summed E-state index contributed by atoms with van der Waals surface area (Å²) < 4.78 is 5.21. The molecule has 26 heavy (non-hydrogen) atoms. The van der Waals surface area contributed by atoms with Gasteiger partial charge in [-0.15, -0.1) is 0 Å². The third-order valence-electron chi connectivity index (χ3n) is 4.60. The van der Waals surface area contributed by atoms with Crippen LogP contribution in [0, 0.1) is 6.92 Å². The number of hydrogen-bond donors (Lipinski definition) is 2. The van der Waals surface area contributed by atoms with Crippen LogP contribution in [0.2, 0.25) is 0 Å². The molecule has 6 nitrogen and oxygen atoms in total. The number of benzene rings is 1. The predicted molar refractivity (Wildman–Crippen MR) is 98.7 cm³/mol. The fraction of sp³-hybridized carbons (Fsp3) is 0.550. The van der Waals surface area contributed by atoms with Crippen LogP contribution in [-0.2, 0) is 14.3 Å². The van der Waals surface area contributed by atoms with Crippen LogP contribution in [0.25, 0.3) is 0 Å². The van der Waals surface area contributed by atoms with Gasteiger partial charge in [-0.05, 0) is 45.7 Å². The fourth-order valence-corrected chi connectivity index (χ4v) is 3.02. The maximum Gasteiger partial charge on any atom is 0.329 e. The van der Waals surface area contributed by atoms with Gasteiger partial charge >= 0.3 is 5.97 Å². The molecule has 1 aliphatic rings. The zero-order valence-electron chi connectivity index (χ0n) is 15.7. The summed E-state index contributed by atoms with van der Waals surface area (Å²) >= 11 is 0. The molecule has 1 saturated carbocycles. The van der Waals surface area contributed by atoms with Gasteiger partial charge < -0.3 is 15.4 Å². The van der Waals surface area contributed by atoms with Gasteiger partial charge in [-0.3, -0.25) is 9.59 Å². The lowest BCUT2D eigenvalue weighted by Crippen LogP contribution is -2.46. The van der Waals surface area contributed by atoms with Crippen molar-refractivity contribution in [3.05, 3.63) is 35.4 Å². The smallest absolute Gasteiger partial charge is 0.329 e. The molecule has 0 aromatic heterocycles. The lowest BCUT2D eigenvalue weighted by molar-refractivity contribution is -0.156. The summed E-state index contributed by atoms with van der Waals surface area (Å²) in [5.41, 5.74) is 1.44. The predicted octanol–water partition coefficient (Wildman–Crippen LogP) is 2.49. The van der Waals surface area contributed by atoms with E-state index >= 15 is 0 Å². The van der Waals surface area contributed by atoms with E-state index in [2.05, 4.69) is 10.6 Å². The van der Waals surface area contributed by atoms with E-state index < -0.39 is 18.1 Å². The van der Waals surface area contributed by atoms with Crippen LogP contribution in [0.3, 0.4) is 0 Å². The van der Waals surface area contributed by atoms with Crippen LogP contribution in [0.4, 0.5) is 0 Å². The van der Waals surface area contributed by atoms with Crippen molar-refractivity contribution in [3.63, 3.8) is 0 Å². The van der Waals surface area contributed by atoms with Crippen molar-refractivity contribution in [2.24, 2.45) is 0 Å². The molecule has 1 aromatic carbocycles. The van der Waals surface area contributed by atoms with Crippen LogP contribution >= 0.6 is 0 Å². The molecule has 2 rings (SSSR count). The Bertz CT molecular complexity index is 653. The second-order valence-electron chi connectivity index (χ2n) is 6.99. The molecular formula is C20H28N2O4. The number of carbonyl (C=O) groups is 3. The van der Waals surface area contributed by atoms with Crippen LogP contribution in [0.1, 0.15) is 61.9 Å². The molecular weight excluding hydrogens is 332 g/mol. The third kappa shape index (κ3) is 5.86. The summed E-state index contributed by atoms with van der Waals surface area (Å²) in [4.78, 5) is 36.5. The Morgan fingerprint density at radius 3 is 2.46 bits per heavy atom. The highest BCUT2D eigenvalue weighted by atomic mass is 16.5. The maximum atomic E-state index is 12.2. The highest BCUT2D eigenvalue weighted by Crippen LogP contribution is 2.17. The quantitative estimate of drug-likeness (QED) is 0.764. The van der Waals surface area contributed by atoms with E-state index in [0.717, 1.165) is 31.2 Å². The van der Waals surface area contributed by atoms with Crippen molar-refractivity contribution >= 4 is 17.8 Å². The number of rotatable bonds is 6. The summed E-state index contributed by atoms with van der Waals surface area (Å²) in [5, 5.41) is 5.54. The Morgan fingerprint density at radius 1 is 1.12 bits per heavy atom. The molecule has 0 spiro atoms. The van der Waals surface area contributed by atoms with Crippen molar-refractivity contribution in [2.75, 3.05) is 0 Å². The van der Waals surface area contributed by atoms with Gasteiger partial charge in [-0.1, -0.05) is 37.0 Å². The molecule has 2 atom stereocenters. The number of esters is 1. The lowest BCUT2D eigenvalue weighted by Gasteiger charge is -2.24. The summed E-state index contributed by atoms with van der Waals surface area (Å²) in [5.74, 6) is -1.27. The van der Waals surface area contributed by atoms with Gasteiger partial charge in [0, 0.05) is 11.6 Å². The molecule has 0 bridgehead atoms. The minimum absolute atomic E-state index is 0.163. The van der Waals surface area contributed by atoms with E-state index in [4.69, 9.17) is 4.74 Å². The fourth-order valence-electron chi connectivity index (χ4n) is 3.02. The monoisotopic (exact) mass is 360 g/mol. The Labute approximate surface area is 154 Å². The Kier molecular flexibility index (Phi) is 7.18. The first kappa shape index (κ1) is 19.9. The first-order valence-corrected chi connectivity index (χ1v) is 9.25. The maximum absolute atomic E-state index is 12.2. The van der Waals surface area contributed by atoms with E-state index in [9.17, 15) is 14.4 Å².